The molecule has 1 aromatic carbocycles. The number of hydrogen-bond donors (Lipinski definition) is 3. The molecule has 2 amide bonds. The smallest absolute Gasteiger partial charge is 0.340 e. The Labute approximate surface area is 280 Å². The van der Waals surface area contributed by atoms with E-state index < -0.39 is 57.9 Å². The molecule has 12 heteroatoms. The van der Waals surface area contributed by atoms with Gasteiger partial charge in [-0.05, 0) is 56.1 Å². The summed E-state index contributed by atoms with van der Waals surface area (Å²) in [7, 11) is 6.61. The van der Waals surface area contributed by atoms with Crippen molar-refractivity contribution in [2.75, 3.05) is 39.9 Å². The largest absolute Gasteiger partial charge is 0.461 e. The van der Waals surface area contributed by atoms with Gasteiger partial charge in [0.15, 0.2) is 0 Å². The van der Waals surface area contributed by atoms with Gasteiger partial charge in [-0.1, -0.05) is 25.5 Å². The van der Waals surface area contributed by atoms with E-state index in [-0.39, 0.29) is 60.5 Å². The number of nitrogens with zero attached hydrogens (tertiary/aromatic N) is 1. The molecule has 2 aliphatic heterocycles. The van der Waals surface area contributed by atoms with Crippen molar-refractivity contribution in [2.45, 2.75) is 99.6 Å². The molecule has 0 radical (unpaired) electrons. The van der Waals surface area contributed by atoms with Crippen LogP contribution < -0.4 is 10.2 Å². The van der Waals surface area contributed by atoms with Gasteiger partial charge in [-0.3, -0.25) is 14.9 Å². The lowest BCUT2D eigenvalue weighted by Gasteiger charge is -2.71. The minimum absolute atomic E-state index is 0.0911. The number of ether oxygens (including phenoxy) is 5. The molecule has 1 spiro atoms. The first-order chi connectivity index (χ1) is 23.0. The van der Waals surface area contributed by atoms with Crippen molar-refractivity contribution in [3.8, 4) is 0 Å². The predicted octanol–water partition coefficient (Wildman–Crippen LogP) is 2.18. The fraction of sp³-hybridized carbons (Fsp3) is 0.750. The van der Waals surface area contributed by atoms with Gasteiger partial charge in [0, 0.05) is 53.1 Å². The van der Waals surface area contributed by atoms with Gasteiger partial charge in [0.05, 0.1) is 45.9 Å². The van der Waals surface area contributed by atoms with Crippen LogP contribution in [0.5, 0.6) is 0 Å². The van der Waals surface area contributed by atoms with E-state index in [9.17, 15) is 24.6 Å². The first kappa shape index (κ1) is 32.7. The van der Waals surface area contributed by atoms with E-state index in [2.05, 4.69) is 12.2 Å². The molecule has 2 heterocycles. The fourth-order valence-electron chi connectivity index (χ4n) is 13.0. The number of piperidine rings is 1. The standard InChI is InChI=1S/C36H48N2O10/c1-6-19-16-33(42)23-15-20(19)17-34(23,47-5)35-24(44-2)13-14-32(27(35)28(45-3)36(33,43)30(35)37-31(32)46-4)18-48-29(41)21-9-7-8-10-22(21)38-25(39)11-12-26(38)40/h7-10,19-20,23-24,27-28,30-31,37,42-43H,6,11-18H2,1-5H3/t19?,20-,23-,24?,27-,28?,30+,31-,32+,33-,34-,35-,36-/m1/s1. The Morgan fingerprint density at radius 2 is 1.75 bits per heavy atom. The maximum absolute atomic E-state index is 14.0. The number of methoxy groups -OCH3 is 4. The Bertz CT molecular complexity index is 1520. The van der Waals surface area contributed by atoms with Crippen molar-refractivity contribution in [1.82, 2.24) is 5.32 Å². The van der Waals surface area contributed by atoms with Crippen LogP contribution >= 0.6 is 0 Å². The van der Waals surface area contributed by atoms with Crippen LogP contribution in [-0.4, -0.2) is 104 Å². The molecular formula is C36H48N2O10. The third-order valence-corrected chi connectivity index (χ3v) is 14.5. The van der Waals surface area contributed by atoms with Crippen molar-refractivity contribution >= 4 is 23.5 Å². The number of hydrogen-bond acceptors (Lipinski definition) is 11. The van der Waals surface area contributed by atoms with E-state index >= 15 is 0 Å². The van der Waals surface area contributed by atoms with Crippen LogP contribution in [0.15, 0.2) is 24.3 Å². The van der Waals surface area contributed by atoms with Crippen molar-refractivity contribution in [3.63, 3.8) is 0 Å². The molecule has 7 bridgehead atoms. The molecule has 2 saturated heterocycles. The number of rotatable bonds is 9. The molecule has 13 atom stereocenters. The van der Waals surface area contributed by atoms with Gasteiger partial charge in [-0.25, -0.2) is 9.69 Å². The quantitative estimate of drug-likeness (QED) is 0.262. The minimum atomic E-state index is -1.73. The summed E-state index contributed by atoms with van der Waals surface area (Å²) in [6, 6.07) is 5.78. The number of anilines is 1. The van der Waals surface area contributed by atoms with Crippen LogP contribution in [-0.2, 0) is 33.3 Å². The summed E-state index contributed by atoms with van der Waals surface area (Å²) in [5.74, 6) is -1.73. The lowest BCUT2D eigenvalue weighted by Crippen LogP contribution is -2.86. The van der Waals surface area contributed by atoms with Crippen LogP contribution in [0.25, 0.3) is 0 Å². The molecule has 7 fully saturated rings. The zero-order valence-electron chi connectivity index (χ0n) is 28.4. The van der Waals surface area contributed by atoms with Crippen LogP contribution in [0, 0.1) is 34.5 Å². The molecule has 3 unspecified atom stereocenters. The zero-order valence-corrected chi connectivity index (χ0v) is 28.4. The fourth-order valence-corrected chi connectivity index (χ4v) is 13.0. The van der Waals surface area contributed by atoms with E-state index in [0.29, 0.717) is 25.2 Å². The van der Waals surface area contributed by atoms with Gasteiger partial charge in [0.1, 0.15) is 24.0 Å². The molecule has 0 aromatic heterocycles. The highest BCUT2D eigenvalue weighted by Gasteiger charge is 2.94. The highest BCUT2D eigenvalue weighted by Crippen LogP contribution is 2.82. The normalized spacial score (nSPS) is 48.3. The number of nitrogens with one attached hydrogen (secondary N) is 1. The summed E-state index contributed by atoms with van der Waals surface area (Å²) in [6.45, 7) is 2.04. The van der Waals surface area contributed by atoms with Crippen molar-refractivity contribution in [3.05, 3.63) is 29.8 Å². The van der Waals surface area contributed by atoms with Crippen LogP contribution in [0.1, 0.15) is 68.6 Å². The summed E-state index contributed by atoms with van der Waals surface area (Å²) in [4.78, 5) is 40.4. The van der Waals surface area contributed by atoms with E-state index in [4.69, 9.17) is 23.7 Å². The van der Waals surface area contributed by atoms with Crippen molar-refractivity contribution in [2.24, 2.45) is 34.5 Å². The topological polar surface area (TPSA) is 153 Å². The highest BCUT2D eigenvalue weighted by molar-refractivity contribution is 6.21. The average molecular weight is 669 g/mol. The molecule has 262 valence electrons. The maximum atomic E-state index is 14.0. The number of imide groups is 1. The van der Waals surface area contributed by atoms with Crippen molar-refractivity contribution in [1.29, 1.82) is 0 Å². The van der Waals surface area contributed by atoms with Crippen LogP contribution in [0.3, 0.4) is 0 Å². The number of para-hydroxylation sites is 1. The molecule has 12 nitrogen and oxygen atoms in total. The number of fused-ring (bicyclic) bond motifs is 2. The molecule has 7 aliphatic rings. The molecule has 1 aromatic rings. The van der Waals surface area contributed by atoms with E-state index in [0.717, 1.165) is 24.2 Å². The summed E-state index contributed by atoms with van der Waals surface area (Å²) < 4.78 is 32.0. The van der Waals surface area contributed by atoms with Gasteiger partial charge in [0.25, 0.3) is 0 Å². The Hall–Kier alpha value is -2.45. The van der Waals surface area contributed by atoms with Gasteiger partial charge >= 0.3 is 5.97 Å². The van der Waals surface area contributed by atoms with Gasteiger partial charge in [-0.15, -0.1) is 0 Å². The number of benzene rings is 1. The molecule has 3 N–H and O–H groups in total. The third kappa shape index (κ3) is 3.48. The lowest BCUT2D eigenvalue weighted by atomic mass is 9.41. The number of aliphatic hydroxyl groups is 2. The Morgan fingerprint density at radius 3 is 2.40 bits per heavy atom. The molecular weight excluding hydrogens is 620 g/mol. The molecule has 48 heavy (non-hydrogen) atoms. The zero-order chi connectivity index (χ0) is 34.0. The second-order valence-electron chi connectivity index (χ2n) is 15.5. The monoisotopic (exact) mass is 668 g/mol. The van der Waals surface area contributed by atoms with Gasteiger partial charge < -0.3 is 33.9 Å². The number of carbonyl (C=O) groups excluding carboxylic acids is 3. The first-order valence-electron chi connectivity index (χ1n) is 17.5. The average Bonchev–Trinajstić information content (AvgIpc) is 3.68. The Morgan fingerprint density at radius 1 is 1.02 bits per heavy atom. The van der Waals surface area contributed by atoms with E-state index in [1.54, 1.807) is 52.7 Å². The highest BCUT2D eigenvalue weighted by atomic mass is 16.5. The Balaban J connectivity index is 1.26. The maximum Gasteiger partial charge on any atom is 0.340 e. The van der Waals surface area contributed by atoms with Crippen LogP contribution in [0.4, 0.5) is 5.69 Å². The molecule has 5 saturated carbocycles. The Kier molecular flexibility index (Phi) is 7.35. The van der Waals surface area contributed by atoms with E-state index in [1.807, 2.05) is 0 Å². The summed E-state index contributed by atoms with van der Waals surface area (Å²) in [6.07, 6.45) is 2.14. The predicted molar refractivity (Wildman–Crippen MR) is 170 cm³/mol. The summed E-state index contributed by atoms with van der Waals surface area (Å²) in [5, 5.41) is 30.1. The van der Waals surface area contributed by atoms with Crippen molar-refractivity contribution < 1.29 is 48.3 Å². The lowest BCUT2D eigenvalue weighted by molar-refractivity contribution is -0.345. The minimum Gasteiger partial charge on any atom is -0.461 e. The molecule has 8 rings (SSSR count). The summed E-state index contributed by atoms with van der Waals surface area (Å²) >= 11 is 0. The van der Waals surface area contributed by atoms with Gasteiger partial charge in [-0.2, -0.15) is 0 Å². The number of amides is 2. The first-order valence-corrected chi connectivity index (χ1v) is 17.5. The SMILES string of the molecule is CCC1C[C@@]2(O)[C@H]3C[C@@H]1C[C@]3(OC)[C@@]13C(OC)CC[C@@]4(COC(=O)c5ccccc5N5C(=O)CCC5=O)[C@@H](OC)N[C@@H]1[C@]2(O)C(OC)[C@H]43. The number of carbonyl (C=O) groups is 3. The second kappa shape index (κ2) is 10.8. The summed E-state index contributed by atoms with van der Waals surface area (Å²) in [5.41, 5.74) is -5.60. The van der Waals surface area contributed by atoms with Gasteiger partial charge in [0.2, 0.25) is 11.8 Å². The number of esters is 1. The molecule has 5 aliphatic carbocycles. The second-order valence-corrected chi connectivity index (χ2v) is 15.5. The van der Waals surface area contributed by atoms with E-state index in [1.165, 1.54) is 0 Å². The van der Waals surface area contributed by atoms with Crippen LogP contribution in [0.2, 0.25) is 0 Å². The third-order valence-electron chi connectivity index (χ3n) is 14.5.